The lowest BCUT2D eigenvalue weighted by Gasteiger charge is -2.21. The lowest BCUT2D eigenvalue weighted by atomic mass is 10.0. The SMILES string of the molecule is CC/C=C\C/C=C\C/C=C\C/C=C\C/C=C\CCCCCCCCCCCCCCCCCCCC(=O)OCC(O)COP(=O)(O)OCC(O)COP(=O)(O)OCC(COC(=O)CCCCCCCC/C=C\C/C=C\C/C=C\CCCCC)OC(=O)CCCCCCC/C=C\CCCCCCCC. The van der Waals surface area contributed by atoms with Crippen molar-refractivity contribution in [2.45, 2.75) is 373 Å². The minimum atomic E-state index is -4.93. The normalized spacial score (nSPS) is 14.5. The van der Waals surface area contributed by atoms with Gasteiger partial charge in [0.25, 0.3) is 0 Å². The van der Waals surface area contributed by atoms with E-state index in [1.165, 1.54) is 148 Å². The number of allylic oxidation sites excluding steroid dienone is 18. The van der Waals surface area contributed by atoms with E-state index < -0.39 is 91.5 Å². The molecule has 0 rings (SSSR count). The monoisotopic (exact) mass is 1490 g/mol. The van der Waals surface area contributed by atoms with Crippen molar-refractivity contribution < 1.29 is 75.8 Å². The topological polar surface area (TPSA) is 231 Å². The van der Waals surface area contributed by atoms with Gasteiger partial charge in [-0.25, -0.2) is 9.13 Å². The standard InChI is InChI=1S/C85H150O16P2/c1-4-7-10-13-16-19-22-25-28-30-32-33-34-35-36-37-38-39-40-41-42-43-44-45-47-49-51-53-56-59-62-65-68-71-83(88)95-74-80(86)75-97-102(91,92)98-76-81(87)77-99-103(93,94)100-79-82(101-85(90)73-70-67-64-61-58-55-50-27-24-21-18-15-12-9-6-3)78-96-84(89)72-69-66-63-60-57-54-52-48-46-31-29-26-23-20-17-14-11-8-5-2/h7,10,16-17,19-20,25-29,32-33,35-36,46,48,50,80-82,86-87H,4-6,8-9,11-15,18,21-24,30-31,34,37-45,47,49,51-79H2,1-3H3,(H,91,92)(H,93,94)/b10-7-,19-16-,20-17-,28-25-,29-26-,33-32-,36-35-,48-46-,50-27-. The van der Waals surface area contributed by atoms with Gasteiger partial charge in [0.1, 0.15) is 25.4 Å². The summed E-state index contributed by atoms with van der Waals surface area (Å²) >= 11 is 0. The first-order chi connectivity index (χ1) is 50.2. The molecule has 0 saturated carbocycles. The minimum absolute atomic E-state index is 0.0925. The molecular formula is C85H150O16P2. The molecule has 0 aliphatic carbocycles. The number of hydrogen-bond donors (Lipinski definition) is 4. The Balaban J connectivity index is 4.43. The summed E-state index contributed by atoms with van der Waals surface area (Å²) in [5, 5.41) is 20.7. The first-order valence-corrected chi connectivity index (χ1v) is 44.2. The van der Waals surface area contributed by atoms with Gasteiger partial charge in [-0.2, -0.15) is 0 Å². The largest absolute Gasteiger partial charge is 0.472 e. The summed E-state index contributed by atoms with van der Waals surface area (Å²) in [5.41, 5.74) is 0. The van der Waals surface area contributed by atoms with E-state index >= 15 is 0 Å². The van der Waals surface area contributed by atoms with Crippen LogP contribution >= 0.6 is 15.6 Å². The second-order valence-corrected chi connectivity index (χ2v) is 30.4. The summed E-state index contributed by atoms with van der Waals surface area (Å²) in [4.78, 5) is 58.7. The molecule has 16 nitrogen and oxygen atoms in total. The number of aliphatic hydroxyl groups excluding tert-OH is 2. The van der Waals surface area contributed by atoms with Crippen molar-refractivity contribution in [1.82, 2.24) is 0 Å². The molecule has 0 aliphatic heterocycles. The molecule has 0 heterocycles. The van der Waals surface area contributed by atoms with Crippen LogP contribution in [0.1, 0.15) is 355 Å². The second-order valence-electron chi connectivity index (χ2n) is 27.5. The maximum absolute atomic E-state index is 13.0. The van der Waals surface area contributed by atoms with Crippen LogP contribution < -0.4 is 0 Å². The molecule has 5 atom stereocenters. The van der Waals surface area contributed by atoms with Crippen molar-refractivity contribution in [3.05, 3.63) is 109 Å². The molecular weight excluding hydrogens is 1340 g/mol. The van der Waals surface area contributed by atoms with Gasteiger partial charge in [-0.3, -0.25) is 32.5 Å². The molecule has 0 saturated heterocycles. The molecule has 596 valence electrons. The Morgan fingerprint density at radius 1 is 0.282 bits per heavy atom. The van der Waals surface area contributed by atoms with E-state index in [1.54, 1.807) is 0 Å². The van der Waals surface area contributed by atoms with E-state index in [0.29, 0.717) is 19.3 Å². The Morgan fingerprint density at radius 2 is 0.515 bits per heavy atom. The number of esters is 3. The van der Waals surface area contributed by atoms with Gasteiger partial charge < -0.3 is 34.2 Å². The van der Waals surface area contributed by atoms with Crippen LogP contribution in [0.15, 0.2) is 109 Å². The number of rotatable bonds is 78. The third-order valence-electron chi connectivity index (χ3n) is 17.5. The van der Waals surface area contributed by atoms with Gasteiger partial charge in [0.15, 0.2) is 6.10 Å². The molecule has 18 heteroatoms. The zero-order valence-corrected chi connectivity index (χ0v) is 67.0. The van der Waals surface area contributed by atoms with Crippen molar-refractivity contribution in [1.29, 1.82) is 0 Å². The third kappa shape index (κ3) is 79.1. The molecule has 4 N–H and O–H groups in total. The smallest absolute Gasteiger partial charge is 0.463 e. The van der Waals surface area contributed by atoms with Crippen LogP contribution in [0, 0.1) is 0 Å². The number of unbranched alkanes of at least 4 members (excludes halogenated alkanes) is 37. The van der Waals surface area contributed by atoms with Crippen LogP contribution in [0.25, 0.3) is 0 Å². The van der Waals surface area contributed by atoms with Crippen molar-refractivity contribution >= 4 is 33.6 Å². The fourth-order valence-electron chi connectivity index (χ4n) is 11.2. The molecule has 0 aromatic heterocycles. The van der Waals surface area contributed by atoms with Gasteiger partial charge in [0.2, 0.25) is 0 Å². The highest BCUT2D eigenvalue weighted by Crippen LogP contribution is 2.45. The van der Waals surface area contributed by atoms with Gasteiger partial charge in [0.05, 0.1) is 26.4 Å². The molecule has 0 bridgehead atoms. The van der Waals surface area contributed by atoms with E-state index in [0.717, 1.165) is 148 Å². The summed E-state index contributed by atoms with van der Waals surface area (Å²) in [7, 11) is -9.79. The summed E-state index contributed by atoms with van der Waals surface area (Å²) in [6, 6.07) is 0. The molecule has 0 aliphatic rings. The average molecular weight is 1490 g/mol. The number of carbonyl (C=O) groups is 3. The number of aliphatic hydroxyl groups is 2. The van der Waals surface area contributed by atoms with Gasteiger partial charge in [-0.1, -0.05) is 316 Å². The van der Waals surface area contributed by atoms with Crippen molar-refractivity contribution in [3.8, 4) is 0 Å². The number of carbonyl (C=O) groups excluding carboxylic acids is 3. The number of phosphoric acid groups is 2. The summed E-state index contributed by atoms with van der Waals surface area (Å²) < 4.78 is 61.2. The molecule has 0 aromatic rings. The number of phosphoric ester groups is 2. The van der Waals surface area contributed by atoms with Crippen molar-refractivity contribution in [2.75, 3.05) is 39.6 Å². The maximum Gasteiger partial charge on any atom is 0.472 e. The molecule has 0 fully saturated rings. The van der Waals surface area contributed by atoms with E-state index in [-0.39, 0.29) is 19.3 Å². The Bertz CT molecular complexity index is 2310. The number of ether oxygens (including phenoxy) is 3. The fraction of sp³-hybridized carbons (Fsp3) is 0.753. The first-order valence-electron chi connectivity index (χ1n) is 41.2. The van der Waals surface area contributed by atoms with Crippen LogP contribution in [0.2, 0.25) is 0 Å². The highest BCUT2D eigenvalue weighted by molar-refractivity contribution is 7.47. The zero-order chi connectivity index (χ0) is 75.2. The quantitative estimate of drug-likeness (QED) is 0.0146. The van der Waals surface area contributed by atoms with Gasteiger partial charge >= 0.3 is 33.6 Å². The van der Waals surface area contributed by atoms with E-state index in [9.17, 15) is 43.5 Å². The Kier molecular flexibility index (Phi) is 74.9. The van der Waals surface area contributed by atoms with E-state index in [2.05, 4.69) is 130 Å². The lowest BCUT2D eigenvalue weighted by molar-refractivity contribution is -0.161. The summed E-state index contributed by atoms with van der Waals surface area (Å²) in [6.07, 6.45) is 91.5. The molecule has 0 radical (unpaired) electrons. The minimum Gasteiger partial charge on any atom is -0.463 e. The maximum atomic E-state index is 13.0. The summed E-state index contributed by atoms with van der Waals surface area (Å²) in [5.74, 6) is -1.59. The molecule has 0 aromatic carbocycles. The zero-order valence-electron chi connectivity index (χ0n) is 65.2. The van der Waals surface area contributed by atoms with Gasteiger partial charge in [-0.15, -0.1) is 0 Å². The van der Waals surface area contributed by atoms with E-state index in [1.807, 2.05) is 0 Å². The molecule has 0 spiro atoms. The average Bonchev–Trinajstić information content (AvgIpc) is 0.916. The second kappa shape index (κ2) is 77.8. The highest BCUT2D eigenvalue weighted by atomic mass is 31.2. The van der Waals surface area contributed by atoms with Gasteiger partial charge in [-0.05, 0) is 128 Å². The fourth-order valence-corrected chi connectivity index (χ4v) is 12.8. The van der Waals surface area contributed by atoms with Crippen LogP contribution in [-0.2, 0) is 55.8 Å². The third-order valence-corrected chi connectivity index (χ3v) is 19.4. The Hall–Kier alpha value is -3.79. The Labute approximate surface area is 628 Å². The van der Waals surface area contributed by atoms with Gasteiger partial charge in [0, 0.05) is 19.3 Å². The van der Waals surface area contributed by atoms with E-state index in [4.69, 9.17) is 32.3 Å². The predicted molar refractivity (Wildman–Crippen MR) is 427 cm³/mol. The van der Waals surface area contributed by atoms with Crippen LogP contribution in [-0.4, -0.2) is 95.9 Å². The van der Waals surface area contributed by atoms with Crippen LogP contribution in [0.4, 0.5) is 0 Å². The first kappa shape index (κ1) is 99.2. The predicted octanol–water partition coefficient (Wildman–Crippen LogP) is 24.3. The molecule has 5 unspecified atom stereocenters. The Morgan fingerprint density at radius 3 is 0.845 bits per heavy atom. The number of hydrogen-bond acceptors (Lipinski definition) is 14. The summed E-state index contributed by atoms with van der Waals surface area (Å²) in [6.45, 7) is 2.55. The lowest BCUT2D eigenvalue weighted by Crippen LogP contribution is -2.30. The van der Waals surface area contributed by atoms with Crippen molar-refractivity contribution in [3.63, 3.8) is 0 Å². The van der Waals surface area contributed by atoms with Crippen LogP contribution in [0.5, 0.6) is 0 Å². The molecule has 103 heavy (non-hydrogen) atoms. The van der Waals surface area contributed by atoms with Crippen molar-refractivity contribution in [2.24, 2.45) is 0 Å². The van der Waals surface area contributed by atoms with Crippen LogP contribution in [0.3, 0.4) is 0 Å². The highest BCUT2D eigenvalue weighted by Gasteiger charge is 2.29. The molecule has 0 amide bonds.